The molecule has 84 valence electrons. The second-order valence-corrected chi connectivity index (χ2v) is 5.32. The van der Waals surface area contributed by atoms with Gasteiger partial charge >= 0.3 is 0 Å². The van der Waals surface area contributed by atoms with E-state index in [1.807, 2.05) is 0 Å². The fraction of sp³-hybridized carbons (Fsp3) is 0.909. The highest BCUT2D eigenvalue weighted by molar-refractivity contribution is 5.92. The lowest BCUT2D eigenvalue weighted by Crippen LogP contribution is -2.44. The van der Waals surface area contributed by atoms with Crippen molar-refractivity contribution < 1.29 is 4.79 Å². The zero-order valence-electron chi connectivity index (χ0n) is 9.49. The Kier molecular flexibility index (Phi) is 1.89. The molecule has 3 fully saturated rings. The van der Waals surface area contributed by atoms with Crippen molar-refractivity contribution in [2.24, 2.45) is 0 Å². The lowest BCUT2D eigenvalue weighted by atomic mass is 10.2. The van der Waals surface area contributed by atoms with E-state index < -0.39 is 0 Å². The summed E-state index contributed by atoms with van der Waals surface area (Å²) in [6.07, 6.45) is 3.44. The molecule has 3 aliphatic rings. The van der Waals surface area contributed by atoms with E-state index in [-0.39, 0.29) is 11.7 Å². The van der Waals surface area contributed by atoms with Gasteiger partial charge in [-0.25, -0.2) is 0 Å². The van der Waals surface area contributed by atoms with E-state index in [0.717, 1.165) is 32.4 Å². The molecule has 0 radical (unpaired) electrons. The van der Waals surface area contributed by atoms with Crippen molar-refractivity contribution in [2.45, 2.75) is 43.9 Å². The minimum Gasteiger partial charge on any atom is -0.322 e. The van der Waals surface area contributed by atoms with E-state index in [0.29, 0.717) is 11.9 Å². The number of nitrogens with zero attached hydrogens (tertiary/aromatic N) is 2. The molecule has 4 heteroatoms. The Morgan fingerprint density at radius 3 is 2.67 bits per heavy atom. The molecule has 2 heterocycles. The van der Waals surface area contributed by atoms with Crippen LogP contribution >= 0.6 is 0 Å². The monoisotopic (exact) mass is 209 g/mol. The number of likely N-dealkylation sites (N-methyl/N-ethyl adjacent to an activating group) is 1. The van der Waals surface area contributed by atoms with Crippen molar-refractivity contribution >= 4 is 5.91 Å². The van der Waals surface area contributed by atoms with Crippen molar-refractivity contribution in [3.63, 3.8) is 0 Å². The fourth-order valence-corrected chi connectivity index (χ4v) is 3.06. The zero-order chi connectivity index (χ0) is 10.6. The highest BCUT2D eigenvalue weighted by Gasteiger charge is 2.59. The molecule has 15 heavy (non-hydrogen) atoms. The molecule has 0 aromatic carbocycles. The molecule has 0 bridgehead atoms. The molecular formula is C11H19N3O. The Morgan fingerprint density at radius 1 is 1.47 bits per heavy atom. The summed E-state index contributed by atoms with van der Waals surface area (Å²) >= 11 is 0. The molecule has 2 saturated heterocycles. The van der Waals surface area contributed by atoms with Crippen molar-refractivity contribution in [3.8, 4) is 0 Å². The topological polar surface area (TPSA) is 35.6 Å². The lowest BCUT2D eigenvalue weighted by molar-refractivity contribution is -0.132. The molecule has 2 unspecified atom stereocenters. The predicted molar refractivity (Wildman–Crippen MR) is 57.3 cm³/mol. The molecule has 2 atom stereocenters. The van der Waals surface area contributed by atoms with Crippen LogP contribution in [-0.4, -0.2) is 53.6 Å². The van der Waals surface area contributed by atoms with Crippen LogP contribution in [-0.2, 0) is 4.79 Å². The second kappa shape index (κ2) is 2.95. The molecule has 1 saturated carbocycles. The van der Waals surface area contributed by atoms with Gasteiger partial charge in [-0.05, 0) is 39.8 Å². The second-order valence-electron chi connectivity index (χ2n) is 5.32. The molecule has 1 spiro atoms. The molecule has 4 nitrogen and oxygen atoms in total. The van der Waals surface area contributed by atoms with Gasteiger partial charge in [0.1, 0.15) is 0 Å². The number of rotatable bonds is 1. The van der Waals surface area contributed by atoms with Gasteiger partial charge < -0.3 is 9.80 Å². The summed E-state index contributed by atoms with van der Waals surface area (Å²) in [4.78, 5) is 16.6. The van der Waals surface area contributed by atoms with E-state index in [1.54, 1.807) is 0 Å². The summed E-state index contributed by atoms with van der Waals surface area (Å²) in [5, 5.41) is 3.45. The number of hydrogen-bond acceptors (Lipinski definition) is 3. The highest BCUT2D eigenvalue weighted by atomic mass is 16.2. The maximum absolute atomic E-state index is 12.2. The number of amides is 1. The summed E-state index contributed by atoms with van der Waals surface area (Å²) in [7, 11) is 2.13. The number of carbonyl (C=O) groups excluding carboxylic acids is 1. The third-order valence-corrected chi connectivity index (χ3v) is 4.06. The minimum atomic E-state index is -0.138. The molecule has 3 rings (SSSR count). The van der Waals surface area contributed by atoms with Gasteiger partial charge in [0, 0.05) is 12.6 Å². The molecular weight excluding hydrogens is 190 g/mol. The van der Waals surface area contributed by atoms with Gasteiger partial charge in [0.15, 0.2) is 0 Å². The first kappa shape index (κ1) is 9.60. The third kappa shape index (κ3) is 1.31. The van der Waals surface area contributed by atoms with E-state index in [9.17, 15) is 4.79 Å². The third-order valence-electron chi connectivity index (χ3n) is 4.06. The van der Waals surface area contributed by atoms with Gasteiger partial charge in [0.2, 0.25) is 5.91 Å². The molecule has 1 amide bonds. The quantitative estimate of drug-likeness (QED) is 0.660. The van der Waals surface area contributed by atoms with Gasteiger partial charge in [-0.2, -0.15) is 0 Å². The lowest BCUT2D eigenvalue weighted by Gasteiger charge is -2.27. The SMILES string of the molecule is CC1NC2(CC2)C(=O)N1C1CCN(C)C1. The van der Waals surface area contributed by atoms with Gasteiger partial charge in [-0.3, -0.25) is 10.1 Å². The van der Waals surface area contributed by atoms with Gasteiger partial charge in [-0.1, -0.05) is 0 Å². The maximum atomic E-state index is 12.2. The minimum absolute atomic E-state index is 0.138. The average molecular weight is 209 g/mol. The maximum Gasteiger partial charge on any atom is 0.244 e. The Bertz CT molecular complexity index is 300. The average Bonchev–Trinajstić information content (AvgIpc) is 2.76. The predicted octanol–water partition coefficient (Wildman–Crippen LogP) is 0.000900. The summed E-state index contributed by atoms with van der Waals surface area (Å²) in [5.74, 6) is 0.357. The Balaban J connectivity index is 1.78. The first-order valence-corrected chi connectivity index (χ1v) is 5.91. The number of hydrogen-bond donors (Lipinski definition) is 1. The van der Waals surface area contributed by atoms with Crippen LogP contribution in [0.2, 0.25) is 0 Å². The van der Waals surface area contributed by atoms with Crippen LogP contribution in [0.3, 0.4) is 0 Å². The zero-order valence-corrected chi connectivity index (χ0v) is 9.49. The number of nitrogens with one attached hydrogen (secondary N) is 1. The molecule has 1 aliphatic carbocycles. The van der Waals surface area contributed by atoms with E-state index in [2.05, 4.69) is 29.1 Å². The summed E-state index contributed by atoms with van der Waals surface area (Å²) in [6, 6.07) is 0.435. The van der Waals surface area contributed by atoms with Gasteiger partial charge in [-0.15, -0.1) is 0 Å². The summed E-state index contributed by atoms with van der Waals surface area (Å²) < 4.78 is 0. The smallest absolute Gasteiger partial charge is 0.244 e. The highest BCUT2D eigenvalue weighted by Crippen LogP contribution is 2.43. The van der Waals surface area contributed by atoms with Crippen LogP contribution < -0.4 is 5.32 Å². The number of carbonyl (C=O) groups is 1. The Morgan fingerprint density at radius 2 is 2.20 bits per heavy atom. The standard InChI is InChI=1S/C11H19N3O/c1-8-12-11(4-5-11)10(15)14(8)9-3-6-13(2)7-9/h8-9,12H,3-7H2,1-2H3. The van der Waals surface area contributed by atoms with Crippen LogP contribution in [0, 0.1) is 0 Å². The summed E-state index contributed by atoms with van der Waals surface area (Å²) in [5.41, 5.74) is -0.138. The van der Waals surface area contributed by atoms with Crippen molar-refractivity contribution in [2.75, 3.05) is 20.1 Å². The van der Waals surface area contributed by atoms with E-state index in [1.165, 1.54) is 0 Å². The normalized spacial score (nSPS) is 39.3. The largest absolute Gasteiger partial charge is 0.322 e. The Labute approximate surface area is 90.6 Å². The van der Waals surface area contributed by atoms with E-state index >= 15 is 0 Å². The van der Waals surface area contributed by atoms with Crippen molar-refractivity contribution in [3.05, 3.63) is 0 Å². The van der Waals surface area contributed by atoms with Crippen LogP contribution in [0.25, 0.3) is 0 Å². The first-order chi connectivity index (χ1) is 7.12. The van der Waals surface area contributed by atoms with Gasteiger partial charge in [0.25, 0.3) is 0 Å². The Hall–Kier alpha value is -0.610. The van der Waals surface area contributed by atoms with Gasteiger partial charge in [0.05, 0.1) is 11.7 Å². The van der Waals surface area contributed by atoms with Crippen LogP contribution in [0.1, 0.15) is 26.2 Å². The number of likely N-dealkylation sites (tertiary alicyclic amines) is 1. The van der Waals surface area contributed by atoms with Crippen LogP contribution in [0.5, 0.6) is 0 Å². The molecule has 2 aliphatic heterocycles. The van der Waals surface area contributed by atoms with Crippen molar-refractivity contribution in [1.82, 2.24) is 15.1 Å². The van der Waals surface area contributed by atoms with Crippen molar-refractivity contribution in [1.29, 1.82) is 0 Å². The first-order valence-electron chi connectivity index (χ1n) is 5.91. The molecule has 1 N–H and O–H groups in total. The summed E-state index contributed by atoms with van der Waals surface area (Å²) in [6.45, 7) is 4.27. The fourth-order valence-electron chi connectivity index (χ4n) is 3.06. The molecule has 0 aromatic rings. The van der Waals surface area contributed by atoms with E-state index in [4.69, 9.17) is 0 Å². The molecule has 0 aromatic heterocycles. The van der Waals surface area contributed by atoms with Crippen LogP contribution in [0.4, 0.5) is 0 Å². The van der Waals surface area contributed by atoms with Crippen LogP contribution in [0.15, 0.2) is 0 Å².